The highest BCUT2D eigenvalue weighted by molar-refractivity contribution is 5.69. The third kappa shape index (κ3) is 5.87. The molecule has 5 nitrogen and oxygen atoms in total. The molecule has 28 heavy (non-hydrogen) atoms. The smallest absolute Gasteiger partial charge is 0.417 e. The number of ether oxygens (including phenoxy) is 2. The van der Waals surface area contributed by atoms with Crippen LogP contribution in [0.5, 0.6) is 5.75 Å². The summed E-state index contributed by atoms with van der Waals surface area (Å²) in [6.45, 7) is 5.57. The Kier molecular flexibility index (Phi) is 6.88. The molecule has 1 aromatic heterocycles. The molecule has 0 N–H and O–H groups in total. The molecule has 0 radical (unpaired) electrons. The van der Waals surface area contributed by atoms with E-state index in [0.29, 0.717) is 28.5 Å². The number of hydrogen-bond acceptors (Lipinski definition) is 4. The Morgan fingerprint density at radius 3 is 2.46 bits per heavy atom. The van der Waals surface area contributed by atoms with Gasteiger partial charge in [-0.3, -0.25) is 9.59 Å². The van der Waals surface area contributed by atoms with Crippen LogP contribution in [-0.2, 0) is 22.3 Å². The third-order valence-corrected chi connectivity index (χ3v) is 4.09. The molecule has 2 aromatic rings. The molecule has 1 heterocycles. The van der Waals surface area contributed by atoms with Crippen molar-refractivity contribution in [2.75, 3.05) is 13.2 Å². The Morgan fingerprint density at radius 2 is 1.86 bits per heavy atom. The number of carbonyl (C=O) groups excluding carboxylic acids is 1. The average Bonchev–Trinajstić information content (AvgIpc) is 2.59. The molecule has 0 saturated carbocycles. The monoisotopic (exact) mass is 397 g/mol. The Hall–Kier alpha value is -2.77. The second-order valence-corrected chi connectivity index (χ2v) is 6.62. The fourth-order valence-corrected chi connectivity index (χ4v) is 2.71. The molecule has 0 saturated heterocycles. The topological polar surface area (TPSA) is 57.5 Å². The van der Waals surface area contributed by atoms with Crippen LogP contribution in [0.4, 0.5) is 13.2 Å². The quantitative estimate of drug-likeness (QED) is 0.525. The van der Waals surface area contributed by atoms with Crippen molar-refractivity contribution in [2.24, 2.45) is 0 Å². The standard InChI is InChI=1S/C20H22F3NO4/c1-13(2)17-6-5-16(10-14(17)3)27-8-9-28-19(26)12-24-11-15(20(21,22)23)4-7-18(24)25/h4-7,10-11,13H,8-9,12H2,1-3H3. The third-order valence-electron chi connectivity index (χ3n) is 4.09. The number of alkyl halides is 3. The van der Waals surface area contributed by atoms with E-state index in [0.717, 1.165) is 11.6 Å². The van der Waals surface area contributed by atoms with Crippen molar-refractivity contribution in [3.05, 3.63) is 63.6 Å². The minimum Gasteiger partial charge on any atom is -0.490 e. The molecule has 0 aliphatic rings. The van der Waals surface area contributed by atoms with Crippen LogP contribution in [0.3, 0.4) is 0 Å². The lowest BCUT2D eigenvalue weighted by molar-refractivity contribution is -0.146. The van der Waals surface area contributed by atoms with Crippen LogP contribution < -0.4 is 10.3 Å². The van der Waals surface area contributed by atoms with Gasteiger partial charge < -0.3 is 14.0 Å². The number of halogens is 3. The molecule has 2 rings (SSSR count). The van der Waals surface area contributed by atoms with Gasteiger partial charge in [-0.25, -0.2) is 0 Å². The largest absolute Gasteiger partial charge is 0.490 e. The molecule has 152 valence electrons. The van der Waals surface area contributed by atoms with Crippen LogP contribution >= 0.6 is 0 Å². The molecule has 0 amide bonds. The van der Waals surface area contributed by atoms with Crippen LogP contribution in [0.1, 0.15) is 36.5 Å². The van der Waals surface area contributed by atoms with Crippen LogP contribution in [0.15, 0.2) is 41.3 Å². The van der Waals surface area contributed by atoms with E-state index >= 15 is 0 Å². The van der Waals surface area contributed by atoms with Crippen LogP contribution in [-0.4, -0.2) is 23.8 Å². The normalized spacial score (nSPS) is 11.5. The highest BCUT2D eigenvalue weighted by atomic mass is 19.4. The van der Waals surface area contributed by atoms with E-state index in [9.17, 15) is 22.8 Å². The van der Waals surface area contributed by atoms with E-state index in [2.05, 4.69) is 13.8 Å². The van der Waals surface area contributed by atoms with E-state index in [-0.39, 0.29) is 13.2 Å². The van der Waals surface area contributed by atoms with Crippen LogP contribution in [0, 0.1) is 6.92 Å². The average molecular weight is 397 g/mol. The van der Waals surface area contributed by atoms with E-state index < -0.39 is 29.8 Å². The summed E-state index contributed by atoms with van der Waals surface area (Å²) in [4.78, 5) is 23.4. The van der Waals surface area contributed by atoms with Gasteiger partial charge in [-0.1, -0.05) is 19.9 Å². The van der Waals surface area contributed by atoms with E-state index in [1.165, 1.54) is 5.56 Å². The molecule has 0 unspecified atom stereocenters. The van der Waals surface area contributed by atoms with Crippen molar-refractivity contribution in [2.45, 2.75) is 39.4 Å². The number of rotatable bonds is 7. The van der Waals surface area contributed by atoms with Crippen molar-refractivity contribution in [3.8, 4) is 5.75 Å². The zero-order chi connectivity index (χ0) is 20.9. The Labute approximate surface area is 160 Å². The molecule has 0 spiro atoms. The maximum Gasteiger partial charge on any atom is 0.417 e. The van der Waals surface area contributed by atoms with E-state index in [1.807, 2.05) is 25.1 Å². The minimum absolute atomic E-state index is 0.0858. The van der Waals surface area contributed by atoms with Gasteiger partial charge in [0.1, 0.15) is 25.5 Å². The maximum absolute atomic E-state index is 12.7. The summed E-state index contributed by atoms with van der Waals surface area (Å²) in [5, 5.41) is 0. The number of carbonyl (C=O) groups is 1. The number of hydrogen-bond donors (Lipinski definition) is 0. The predicted octanol–water partition coefficient (Wildman–Crippen LogP) is 3.92. The van der Waals surface area contributed by atoms with Crippen molar-refractivity contribution < 1.29 is 27.4 Å². The Morgan fingerprint density at radius 1 is 1.14 bits per heavy atom. The van der Waals surface area contributed by atoms with Gasteiger partial charge in [0.05, 0.1) is 5.56 Å². The first-order valence-electron chi connectivity index (χ1n) is 8.74. The number of benzene rings is 1. The Bertz CT molecular complexity index is 888. The molecule has 1 aromatic carbocycles. The zero-order valence-electron chi connectivity index (χ0n) is 15.9. The van der Waals surface area contributed by atoms with Crippen molar-refractivity contribution in [1.29, 1.82) is 0 Å². The molecule has 0 atom stereocenters. The highest BCUT2D eigenvalue weighted by Gasteiger charge is 2.31. The second-order valence-electron chi connectivity index (χ2n) is 6.62. The first kappa shape index (κ1) is 21.5. The van der Waals surface area contributed by atoms with Crippen LogP contribution in [0.25, 0.3) is 0 Å². The summed E-state index contributed by atoms with van der Waals surface area (Å²) >= 11 is 0. The molecule has 0 fully saturated rings. The van der Waals surface area contributed by atoms with Gasteiger partial charge in [-0.05, 0) is 42.2 Å². The first-order valence-corrected chi connectivity index (χ1v) is 8.74. The zero-order valence-corrected chi connectivity index (χ0v) is 15.9. The fraction of sp³-hybridized carbons (Fsp3) is 0.400. The summed E-state index contributed by atoms with van der Waals surface area (Å²) in [5.41, 5.74) is 0.573. The predicted molar refractivity (Wildman–Crippen MR) is 97.4 cm³/mol. The minimum atomic E-state index is -4.60. The number of esters is 1. The van der Waals surface area contributed by atoms with Gasteiger partial charge in [0, 0.05) is 12.3 Å². The number of nitrogens with zero attached hydrogens (tertiary/aromatic N) is 1. The Balaban J connectivity index is 1.85. The van der Waals surface area contributed by atoms with Gasteiger partial charge in [-0.15, -0.1) is 0 Å². The second kappa shape index (κ2) is 8.95. The highest BCUT2D eigenvalue weighted by Crippen LogP contribution is 2.28. The van der Waals surface area contributed by atoms with Crippen molar-refractivity contribution >= 4 is 5.97 Å². The molecule has 0 aliphatic heterocycles. The molecular weight excluding hydrogens is 375 g/mol. The van der Waals surface area contributed by atoms with Gasteiger partial charge in [0.2, 0.25) is 0 Å². The SMILES string of the molecule is Cc1cc(OCCOC(=O)Cn2cc(C(F)(F)F)ccc2=O)ccc1C(C)C. The lowest BCUT2D eigenvalue weighted by atomic mass is 9.98. The van der Waals surface area contributed by atoms with Gasteiger partial charge in [-0.2, -0.15) is 13.2 Å². The van der Waals surface area contributed by atoms with Gasteiger partial charge >= 0.3 is 12.1 Å². The molecule has 8 heteroatoms. The number of aryl methyl sites for hydroxylation is 1. The van der Waals surface area contributed by atoms with Crippen molar-refractivity contribution in [3.63, 3.8) is 0 Å². The molecule has 0 bridgehead atoms. The summed E-state index contributed by atoms with van der Waals surface area (Å²) in [7, 11) is 0. The molecule has 0 aliphatic carbocycles. The fourth-order valence-electron chi connectivity index (χ4n) is 2.71. The maximum atomic E-state index is 12.7. The lowest BCUT2D eigenvalue weighted by Crippen LogP contribution is -2.26. The summed E-state index contributed by atoms with van der Waals surface area (Å²) in [6.07, 6.45) is -4.00. The van der Waals surface area contributed by atoms with Gasteiger partial charge in [0.25, 0.3) is 5.56 Å². The molecular formula is C20H22F3NO4. The first-order chi connectivity index (χ1) is 13.1. The lowest BCUT2D eigenvalue weighted by Gasteiger charge is -2.13. The summed E-state index contributed by atoms with van der Waals surface area (Å²) in [5.74, 6) is 0.206. The van der Waals surface area contributed by atoms with Gasteiger partial charge in [0.15, 0.2) is 0 Å². The van der Waals surface area contributed by atoms with E-state index in [1.54, 1.807) is 0 Å². The van der Waals surface area contributed by atoms with E-state index in [4.69, 9.17) is 9.47 Å². The van der Waals surface area contributed by atoms with Crippen LogP contribution in [0.2, 0.25) is 0 Å². The summed E-state index contributed by atoms with van der Waals surface area (Å²) in [6, 6.07) is 7.13. The summed E-state index contributed by atoms with van der Waals surface area (Å²) < 4.78 is 49.2. The number of aromatic nitrogens is 1. The number of pyridine rings is 1. The van der Waals surface area contributed by atoms with Crippen molar-refractivity contribution in [1.82, 2.24) is 4.57 Å².